The molecule has 7 heteroatoms. The molecule has 2 aromatic rings. The molecule has 0 aromatic heterocycles. The summed E-state index contributed by atoms with van der Waals surface area (Å²) in [6.07, 6.45) is 0. The molecule has 25 heavy (non-hydrogen) atoms. The average Bonchev–Trinajstić information content (AvgIpc) is 2.62. The van der Waals surface area contributed by atoms with Crippen molar-refractivity contribution in [1.82, 2.24) is 4.31 Å². The summed E-state index contributed by atoms with van der Waals surface area (Å²) in [5, 5.41) is 0.685. The summed E-state index contributed by atoms with van der Waals surface area (Å²) < 4.78 is 32.6. The monoisotopic (exact) mass is 380 g/mol. The van der Waals surface area contributed by atoms with Gasteiger partial charge in [-0.3, -0.25) is 0 Å². The fourth-order valence-corrected chi connectivity index (χ4v) is 4.94. The zero-order valence-electron chi connectivity index (χ0n) is 14.3. The molecular formula is C18H21ClN2O3S. The number of hydrogen-bond donors (Lipinski definition) is 0. The van der Waals surface area contributed by atoms with E-state index >= 15 is 0 Å². The third kappa shape index (κ3) is 3.61. The second-order valence-corrected chi connectivity index (χ2v) is 8.29. The van der Waals surface area contributed by atoms with Gasteiger partial charge in [-0.2, -0.15) is 4.31 Å². The predicted molar refractivity (Wildman–Crippen MR) is 100 cm³/mol. The van der Waals surface area contributed by atoms with E-state index in [9.17, 15) is 8.42 Å². The molecule has 2 aromatic carbocycles. The van der Waals surface area contributed by atoms with E-state index in [1.54, 1.807) is 32.2 Å². The lowest BCUT2D eigenvalue weighted by Gasteiger charge is -2.36. The number of methoxy groups -OCH3 is 1. The number of piperazine rings is 1. The van der Waals surface area contributed by atoms with Crippen LogP contribution in [0.2, 0.25) is 5.02 Å². The lowest BCUT2D eigenvalue weighted by Crippen LogP contribution is -2.48. The van der Waals surface area contributed by atoms with E-state index in [2.05, 4.69) is 4.90 Å². The van der Waals surface area contributed by atoms with Gasteiger partial charge in [-0.15, -0.1) is 0 Å². The third-order valence-electron chi connectivity index (χ3n) is 4.43. The normalized spacial score (nSPS) is 16.0. The van der Waals surface area contributed by atoms with E-state index in [1.165, 1.54) is 4.31 Å². The highest BCUT2D eigenvalue weighted by Gasteiger charge is 2.30. The summed E-state index contributed by atoms with van der Waals surface area (Å²) in [7, 11) is -1.95. The Morgan fingerprint density at radius 1 is 1.04 bits per heavy atom. The van der Waals surface area contributed by atoms with Crippen molar-refractivity contribution in [2.75, 3.05) is 38.2 Å². The minimum absolute atomic E-state index is 0.333. The van der Waals surface area contributed by atoms with E-state index in [1.807, 2.05) is 24.3 Å². The van der Waals surface area contributed by atoms with E-state index in [0.29, 0.717) is 47.4 Å². The van der Waals surface area contributed by atoms with Crippen molar-refractivity contribution in [2.45, 2.75) is 11.8 Å². The van der Waals surface area contributed by atoms with Crippen LogP contribution in [-0.2, 0) is 10.0 Å². The quantitative estimate of drug-likeness (QED) is 0.817. The summed E-state index contributed by atoms with van der Waals surface area (Å²) >= 11 is 6.24. The first kappa shape index (κ1) is 18.0. The molecule has 0 unspecified atom stereocenters. The van der Waals surface area contributed by atoms with Crippen molar-refractivity contribution < 1.29 is 13.2 Å². The summed E-state index contributed by atoms with van der Waals surface area (Å²) in [4.78, 5) is 2.45. The fourth-order valence-electron chi connectivity index (χ4n) is 3.05. The molecule has 1 aliphatic rings. The largest absolute Gasteiger partial charge is 0.497 e. The van der Waals surface area contributed by atoms with E-state index in [4.69, 9.17) is 16.3 Å². The first-order valence-corrected chi connectivity index (χ1v) is 9.89. The molecule has 3 rings (SSSR count). The van der Waals surface area contributed by atoms with Gasteiger partial charge >= 0.3 is 0 Å². The first-order valence-electron chi connectivity index (χ1n) is 8.08. The molecule has 0 radical (unpaired) electrons. The maximum absolute atomic E-state index is 13.0. The summed E-state index contributed by atoms with van der Waals surface area (Å²) in [6.45, 7) is 3.86. The topological polar surface area (TPSA) is 49.9 Å². The van der Waals surface area contributed by atoms with Crippen LogP contribution in [0.4, 0.5) is 5.69 Å². The number of nitrogens with zero attached hydrogens (tertiary/aromatic N) is 2. The van der Waals surface area contributed by atoms with Crippen LogP contribution in [0.25, 0.3) is 0 Å². The Morgan fingerprint density at radius 3 is 2.32 bits per heavy atom. The minimum Gasteiger partial charge on any atom is -0.497 e. The van der Waals surface area contributed by atoms with Crippen LogP contribution < -0.4 is 9.64 Å². The molecule has 0 saturated carbocycles. The van der Waals surface area contributed by atoms with Crippen LogP contribution in [0.1, 0.15) is 5.56 Å². The third-order valence-corrected chi connectivity index (χ3v) is 6.81. The van der Waals surface area contributed by atoms with Crippen LogP contribution in [0.15, 0.2) is 47.4 Å². The molecule has 0 atom stereocenters. The van der Waals surface area contributed by atoms with Gasteiger partial charge in [0, 0.05) is 26.2 Å². The van der Waals surface area contributed by atoms with Gasteiger partial charge < -0.3 is 9.64 Å². The lowest BCUT2D eigenvalue weighted by atomic mass is 10.2. The maximum Gasteiger partial charge on any atom is 0.243 e. The summed E-state index contributed by atoms with van der Waals surface area (Å²) in [5.41, 5.74) is 1.63. The van der Waals surface area contributed by atoms with Crippen molar-refractivity contribution in [3.63, 3.8) is 0 Å². The van der Waals surface area contributed by atoms with Gasteiger partial charge in [0.1, 0.15) is 5.75 Å². The highest BCUT2D eigenvalue weighted by Crippen LogP contribution is 2.28. The molecule has 0 spiro atoms. The van der Waals surface area contributed by atoms with Crippen LogP contribution in [-0.4, -0.2) is 46.0 Å². The van der Waals surface area contributed by atoms with Crippen molar-refractivity contribution in [1.29, 1.82) is 0 Å². The van der Waals surface area contributed by atoms with Crippen LogP contribution in [0, 0.1) is 6.92 Å². The highest BCUT2D eigenvalue weighted by atomic mass is 35.5. The van der Waals surface area contributed by atoms with Crippen molar-refractivity contribution in [3.05, 3.63) is 53.1 Å². The van der Waals surface area contributed by atoms with Gasteiger partial charge in [-0.25, -0.2) is 8.42 Å². The standard InChI is InChI=1S/C18H21ClN2O3S/c1-14-13-15(24-2)7-8-18(14)25(22,23)21-11-9-20(10-12-21)17-6-4-3-5-16(17)19/h3-8,13H,9-12H2,1-2H3. The molecule has 0 bridgehead atoms. The second kappa shape index (κ2) is 7.23. The van der Waals surface area contributed by atoms with Crippen LogP contribution in [0.3, 0.4) is 0 Å². The molecule has 1 saturated heterocycles. The Kier molecular flexibility index (Phi) is 5.22. The van der Waals surface area contributed by atoms with Gasteiger partial charge in [0.25, 0.3) is 0 Å². The number of benzene rings is 2. The minimum atomic E-state index is -3.52. The fraction of sp³-hybridized carbons (Fsp3) is 0.333. The number of hydrogen-bond acceptors (Lipinski definition) is 4. The van der Waals surface area contributed by atoms with Gasteiger partial charge in [0.15, 0.2) is 0 Å². The van der Waals surface area contributed by atoms with E-state index in [0.717, 1.165) is 5.69 Å². The van der Waals surface area contributed by atoms with Crippen LogP contribution >= 0.6 is 11.6 Å². The van der Waals surface area contributed by atoms with E-state index < -0.39 is 10.0 Å². The summed E-state index contributed by atoms with van der Waals surface area (Å²) in [5.74, 6) is 0.653. The Balaban J connectivity index is 1.77. The first-order chi connectivity index (χ1) is 11.9. The maximum atomic E-state index is 13.0. The Morgan fingerprint density at radius 2 is 1.72 bits per heavy atom. The van der Waals surface area contributed by atoms with Crippen molar-refractivity contribution in [3.8, 4) is 5.75 Å². The summed E-state index contributed by atoms with van der Waals surface area (Å²) in [6, 6.07) is 12.7. The van der Waals surface area contributed by atoms with Gasteiger partial charge in [0.05, 0.1) is 22.7 Å². The molecule has 5 nitrogen and oxygen atoms in total. The Hall–Kier alpha value is -1.76. The molecule has 1 heterocycles. The Bertz CT molecular complexity index is 862. The zero-order chi connectivity index (χ0) is 18.0. The van der Waals surface area contributed by atoms with Gasteiger partial charge in [-0.1, -0.05) is 23.7 Å². The lowest BCUT2D eigenvalue weighted by molar-refractivity contribution is 0.384. The van der Waals surface area contributed by atoms with Crippen molar-refractivity contribution >= 4 is 27.3 Å². The van der Waals surface area contributed by atoms with Crippen LogP contribution in [0.5, 0.6) is 5.75 Å². The number of rotatable bonds is 4. The van der Waals surface area contributed by atoms with Gasteiger partial charge in [-0.05, 0) is 42.8 Å². The zero-order valence-corrected chi connectivity index (χ0v) is 15.8. The molecule has 0 aliphatic carbocycles. The number of sulfonamides is 1. The highest BCUT2D eigenvalue weighted by molar-refractivity contribution is 7.89. The molecular weight excluding hydrogens is 360 g/mol. The number of anilines is 1. The average molecular weight is 381 g/mol. The second-order valence-electron chi connectivity index (χ2n) is 5.97. The van der Waals surface area contributed by atoms with Crippen molar-refractivity contribution in [2.24, 2.45) is 0 Å². The number of ether oxygens (including phenoxy) is 1. The smallest absolute Gasteiger partial charge is 0.243 e. The number of aryl methyl sites for hydroxylation is 1. The molecule has 0 N–H and O–H groups in total. The number of halogens is 1. The van der Waals surface area contributed by atoms with E-state index in [-0.39, 0.29) is 0 Å². The molecule has 1 aliphatic heterocycles. The predicted octanol–water partition coefficient (Wildman–Crippen LogP) is 3.17. The SMILES string of the molecule is COc1ccc(S(=O)(=O)N2CCN(c3ccccc3Cl)CC2)c(C)c1. The van der Waals surface area contributed by atoms with Gasteiger partial charge in [0.2, 0.25) is 10.0 Å². The molecule has 134 valence electrons. The number of para-hydroxylation sites is 1. The Labute approximate surface area is 153 Å². The molecule has 0 amide bonds. The molecule has 1 fully saturated rings.